The van der Waals surface area contributed by atoms with Gasteiger partial charge >= 0.3 is 0 Å². The number of nitrogens with one attached hydrogen (secondary N) is 2. The number of hydrogen-bond acceptors (Lipinski definition) is 2. The van der Waals surface area contributed by atoms with Crippen LogP contribution in [0, 0.1) is 0 Å². The third kappa shape index (κ3) is 2.46. The Bertz CT molecular complexity index is 868. The van der Waals surface area contributed by atoms with Gasteiger partial charge < -0.3 is 15.0 Å². The maximum Gasteiger partial charge on any atom is 0.268 e. The molecular weight excluding hydrogens is 288 g/mol. The monoisotopic (exact) mass is 306 g/mol. The lowest BCUT2D eigenvalue weighted by Gasteiger charge is -2.19. The molecule has 0 radical (unpaired) electrons. The number of amides is 1. The quantitative estimate of drug-likeness (QED) is 0.779. The molecular formula is C19H18N2O2. The zero-order valence-electron chi connectivity index (χ0n) is 12.9. The van der Waals surface area contributed by atoms with E-state index in [4.69, 9.17) is 4.74 Å². The second kappa shape index (κ2) is 5.47. The van der Waals surface area contributed by atoms with E-state index < -0.39 is 0 Å². The number of ether oxygens (including phenoxy) is 1. The lowest BCUT2D eigenvalue weighted by molar-refractivity contribution is 0.0925. The van der Waals surface area contributed by atoms with Crippen molar-refractivity contribution >= 4 is 16.8 Å². The summed E-state index contributed by atoms with van der Waals surface area (Å²) in [5.74, 6) is 0.741. The predicted octanol–water partition coefficient (Wildman–Crippen LogP) is 3.42. The third-order valence-electron chi connectivity index (χ3n) is 4.26. The number of para-hydroxylation sites is 1. The maximum atomic E-state index is 12.2. The minimum absolute atomic E-state index is 0.0380. The normalized spacial score (nSPS) is 16.9. The maximum absolute atomic E-state index is 12.2. The third-order valence-corrected chi connectivity index (χ3v) is 4.26. The molecule has 0 bridgehead atoms. The summed E-state index contributed by atoms with van der Waals surface area (Å²) >= 11 is 0. The molecule has 2 N–H and O–H groups in total. The summed E-state index contributed by atoms with van der Waals surface area (Å²) in [5, 5.41) is 4.04. The van der Waals surface area contributed by atoms with Gasteiger partial charge in [0, 0.05) is 11.4 Å². The molecule has 1 aliphatic rings. The highest BCUT2D eigenvalue weighted by atomic mass is 16.5. The van der Waals surface area contributed by atoms with E-state index in [2.05, 4.69) is 10.3 Å². The van der Waals surface area contributed by atoms with E-state index in [1.165, 1.54) is 0 Å². The molecule has 1 unspecified atom stereocenters. The van der Waals surface area contributed by atoms with Gasteiger partial charge in [0.1, 0.15) is 18.1 Å². The Labute approximate surface area is 134 Å². The smallest absolute Gasteiger partial charge is 0.268 e. The molecule has 4 rings (SSSR count). The second-order valence-electron chi connectivity index (χ2n) is 6.01. The van der Waals surface area contributed by atoms with Gasteiger partial charge in [-0.05, 0) is 30.5 Å². The Balaban J connectivity index is 1.71. The van der Waals surface area contributed by atoms with Crippen molar-refractivity contribution in [3.8, 4) is 5.75 Å². The van der Waals surface area contributed by atoms with E-state index in [1.54, 1.807) is 0 Å². The lowest BCUT2D eigenvalue weighted by Crippen LogP contribution is -2.39. The van der Waals surface area contributed by atoms with E-state index >= 15 is 0 Å². The van der Waals surface area contributed by atoms with Crippen LogP contribution >= 0.6 is 0 Å². The number of hydrogen-bond donors (Lipinski definition) is 2. The number of rotatable bonds is 3. The molecule has 23 heavy (non-hydrogen) atoms. The highest BCUT2D eigenvalue weighted by Gasteiger charge is 2.26. The van der Waals surface area contributed by atoms with E-state index in [1.807, 2.05) is 55.5 Å². The Kier molecular flexibility index (Phi) is 3.30. The second-order valence-corrected chi connectivity index (χ2v) is 6.01. The molecule has 1 amide bonds. The molecule has 0 fully saturated rings. The topological polar surface area (TPSA) is 54.1 Å². The molecule has 0 saturated carbocycles. The van der Waals surface area contributed by atoms with E-state index in [9.17, 15) is 4.79 Å². The highest BCUT2D eigenvalue weighted by Crippen LogP contribution is 2.32. The number of aromatic amines is 1. The van der Waals surface area contributed by atoms with Gasteiger partial charge in [0.2, 0.25) is 0 Å². The van der Waals surface area contributed by atoms with Crippen LogP contribution in [-0.4, -0.2) is 16.9 Å². The average molecular weight is 306 g/mol. The summed E-state index contributed by atoms with van der Waals surface area (Å²) in [6.07, 6.45) is 0.837. The molecule has 4 nitrogen and oxygen atoms in total. The molecule has 0 aliphatic carbocycles. The standard InChI is InChI=1S/C19H18N2O2/c1-12-10-15-14-8-5-9-16(17(14)21-18(15)19(22)20-12)23-11-13-6-3-2-4-7-13/h2-9,12,21H,10-11H2,1H3,(H,20,22). The fourth-order valence-electron chi connectivity index (χ4n) is 3.16. The molecule has 0 saturated heterocycles. The van der Waals surface area contributed by atoms with Gasteiger partial charge in [0.15, 0.2) is 0 Å². The average Bonchev–Trinajstić information content (AvgIpc) is 2.94. The zero-order valence-corrected chi connectivity index (χ0v) is 12.9. The van der Waals surface area contributed by atoms with Crippen molar-refractivity contribution in [2.45, 2.75) is 26.0 Å². The largest absolute Gasteiger partial charge is 0.487 e. The van der Waals surface area contributed by atoms with Crippen LogP contribution in [0.25, 0.3) is 10.9 Å². The van der Waals surface area contributed by atoms with Gasteiger partial charge in [0.05, 0.1) is 5.52 Å². The fraction of sp³-hybridized carbons (Fsp3) is 0.211. The van der Waals surface area contributed by atoms with Crippen molar-refractivity contribution in [3.05, 3.63) is 65.4 Å². The Morgan fingerprint density at radius 1 is 1.13 bits per heavy atom. The van der Waals surface area contributed by atoms with Crippen molar-refractivity contribution in [3.63, 3.8) is 0 Å². The summed E-state index contributed by atoms with van der Waals surface area (Å²) in [7, 11) is 0. The number of H-pyrrole nitrogens is 1. The Morgan fingerprint density at radius 3 is 2.78 bits per heavy atom. The van der Waals surface area contributed by atoms with Crippen molar-refractivity contribution in [2.24, 2.45) is 0 Å². The van der Waals surface area contributed by atoms with Gasteiger partial charge in [-0.2, -0.15) is 0 Å². The summed E-state index contributed by atoms with van der Waals surface area (Å²) in [6, 6.07) is 16.2. The summed E-state index contributed by atoms with van der Waals surface area (Å²) < 4.78 is 5.98. The molecule has 0 spiro atoms. The zero-order chi connectivity index (χ0) is 15.8. The highest BCUT2D eigenvalue weighted by molar-refractivity contribution is 6.03. The molecule has 4 heteroatoms. The molecule has 2 heterocycles. The summed E-state index contributed by atoms with van der Waals surface area (Å²) in [4.78, 5) is 15.4. The van der Waals surface area contributed by atoms with Crippen LogP contribution in [0.15, 0.2) is 48.5 Å². The molecule has 1 aliphatic heterocycles. The number of carbonyl (C=O) groups excluding carboxylic acids is 1. The van der Waals surface area contributed by atoms with Gasteiger partial charge in [-0.15, -0.1) is 0 Å². The van der Waals surface area contributed by atoms with Gasteiger partial charge in [-0.25, -0.2) is 0 Å². The van der Waals surface area contributed by atoms with E-state index in [0.717, 1.165) is 34.2 Å². The summed E-state index contributed by atoms with van der Waals surface area (Å²) in [5.41, 5.74) is 3.76. The van der Waals surface area contributed by atoms with Crippen molar-refractivity contribution in [2.75, 3.05) is 0 Å². The first-order valence-corrected chi connectivity index (χ1v) is 7.83. The van der Waals surface area contributed by atoms with Crippen molar-refractivity contribution < 1.29 is 9.53 Å². The summed E-state index contributed by atoms with van der Waals surface area (Å²) in [6.45, 7) is 2.53. The van der Waals surface area contributed by atoms with Crippen LogP contribution in [0.1, 0.15) is 28.5 Å². The molecule has 2 aromatic carbocycles. The van der Waals surface area contributed by atoms with Crippen LogP contribution in [0.4, 0.5) is 0 Å². The molecule has 3 aromatic rings. The first-order chi connectivity index (χ1) is 11.2. The van der Waals surface area contributed by atoms with Crippen LogP contribution in [-0.2, 0) is 13.0 Å². The van der Waals surface area contributed by atoms with Gasteiger partial charge in [0.25, 0.3) is 5.91 Å². The number of benzene rings is 2. The molecule has 1 atom stereocenters. The van der Waals surface area contributed by atoms with Crippen LogP contribution in [0.5, 0.6) is 5.75 Å². The van der Waals surface area contributed by atoms with E-state index in [-0.39, 0.29) is 11.9 Å². The van der Waals surface area contributed by atoms with Gasteiger partial charge in [-0.1, -0.05) is 42.5 Å². The van der Waals surface area contributed by atoms with Crippen molar-refractivity contribution in [1.29, 1.82) is 0 Å². The predicted molar refractivity (Wildman–Crippen MR) is 89.7 cm³/mol. The number of fused-ring (bicyclic) bond motifs is 3. The number of aromatic nitrogens is 1. The Hall–Kier alpha value is -2.75. The molecule has 116 valence electrons. The van der Waals surface area contributed by atoms with Gasteiger partial charge in [-0.3, -0.25) is 4.79 Å². The first kappa shape index (κ1) is 13.9. The van der Waals surface area contributed by atoms with Crippen LogP contribution in [0.3, 0.4) is 0 Å². The molecule has 1 aromatic heterocycles. The first-order valence-electron chi connectivity index (χ1n) is 7.83. The number of carbonyl (C=O) groups is 1. The lowest BCUT2D eigenvalue weighted by atomic mass is 9.99. The minimum Gasteiger partial charge on any atom is -0.487 e. The Morgan fingerprint density at radius 2 is 1.96 bits per heavy atom. The van der Waals surface area contributed by atoms with Crippen LogP contribution in [0.2, 0.25) is 0 Å². The minimum atomic E-state index is -0.0380. The SMILES string of the molecule is CC1Cc2c([nH]c3c(OCc4ccccc4)cccc23)C(=O)N1. The van der Waals surface area contributed by atoms with Crippen LogP contribution < -0.4 is 10.1 Å². The van der Waals surface area contributed by atoms with E-state index in [0.29, 0.717) is 12.3 Å². The van der Waals surface area contributed by atoms with Crippen molar-refractivity contribution in [1.82, 2.24) is 10.3 Å². The fourth-order valence-corrected chi connectivity index (χ4v) is 3.16.